The van der Waals surface area contributed by atoms with Crippen LogP contribution in [0.3, 0.4) is 0 Å². The van der Waals surface area contributed by atoms with E-state index in [9.17, 15) is 18.0 Å². The van der Waals surface area contributed by atoms with Crippen molar-refractivity contribution in [3.8, 4) is 11.3 Å². The standard InChI is InChI=1S/C21H27N5O5S/c1-12-10-16(24-19(22)23-12)14-6-5-7-15(11-14)32(29,30)26-18(27)17(13-8-9-13)25-20(28)31-21(2,3)4/h5-7,10-11,13,17H,8-9H2,1-4H3,(H,25,28)(H,26,27)(H2,22,23,24)/t17-/m0/s1. The van der Waals surface area contributed by atoms with Gasteiger partial charge in [0.15, 0.2) is 0 Å². The van der Waals surface area contributed by atoms with Crippen molar-refractivity contribution in [3.63, 3.8) is 0 Å². The van der Waals surface area contributed by atoms with Crippen LogP contribution in [0.15, 0.2) is 35.2 Å². The number of nitrogens with one attached hydrogen (secondary N) is 2. The highest BCUT2D eigenvalue weighted by atomic mass is 32.2. The Balaban J connectivity index is 1.79. The monoisotopic (exact) mass is 461 g/mol. The fourth-order valence-corrected chi connectivity index (χ4v) is 4.13. The van der Waals surface area contributed by atoms with Crippen LogP contribution in [0.4, 0.5) is 10.7 Å². The maximum absolute atomic E-state index is 12.9. The highest BCUT2D eigenvalue weighted by Crippen LogP contribution is 2.33. The molecule has 1 atom stereocenters. The summed E-state index contributed by atoms with van der Waals surface area (Å²) >= 11 is 0. The third kappa shape index (κ3) is 6.16. The minimum Gasteiger partial charge on any atom is -0.444 e. The zero-order valence-corrected chi connectivity index (χ0v) is 19.2. The van der Waals surface area contributed by atoms with Crippen molar-refractivity contribution >= 4 is 28.0 Å². The smallest absolute Gasteiger partial charge is 0.408 e. The van der Waals surface area contributed by atoms with Crippen LogP contribution in [0.5, 0.6) is 0 Å². The van der Waals surface area contributed by atoms with Gasteiger partial charge in [-0.1, -0.05) is 12.1 Å². The number of nitrogen functional groups attached to an aromatic ring is 1. The van der Waals surface area contributed by atoms with Gasteiger partial charge in [-0.05, 0) is 64.7 Å². The lowest BCUT2D eigenvalue weighted by Gasteiger charge is -2.23. The van der Waals surface area contributed by atoms with Crippen molar-refractivity contribution < 1.29 is 22.7 Å². The Hall–Kier alpha value is -3.21. The normalized spacial score (nSPS) is 15.0. The predicted molar refractivity (Wildman–Crippen MR) is 118 cm³/mol. The van der Waals surface area contributed by atoms with Gasteiger partial charge in [0.25, 0.3) is 15.9 Å². The van der Waals surface area contributed by atoms with Gasteiger partial charge in [-0.3, -0.25) is 4.79 Å². The van der Waals surface area contributed by atoms with E-state index in [4.69, 9.17) is 10.5 Å². The molecule has 10 nitrogen and oxygen atoms in total. The second kappa shape index (κ2) is 8.73. The van der Waals surface area contributed by atoms with Crippen LogP contribution < -0.4 is 15.8 Å². The molecule has 1 heterocycles. The molecule has 0 saturated heterocycles. The summed E-state index contributed by atoms with van der Waals surface area (Å²) in [7, 11) is -4.20. The summed E-state index contributed by atoms with van der Waals surface area (Å²) in [5.41, 5.74) is 6.54. The number of hydrogen-bond donors (Lipinski definition) is 3. The third-order valence-electron chi connectivity index (χ3n) is 4.59. The maximum Gasteiger partial charge on any atom is 0.408 e. The predicted octanol–water partition coefficient (Wildman–Crippen LogP) is 2.14. The lowest BCUT2D eigenvalue weighted by atomic mass is 10.1. The molecule has 2 aromatic rings. The molecule has 0 radical (unpaired) electrons. The number of anilines is 1. The van der Waals surface area contributed by atoms with Crippen LogP contribution in [0.2, 0.25) is 0 Å². The van der Waals surface area contributed by atoms with Gasteiger partial charge in [0.05, 0.1) is 10.6 Å². The van der Waals surface area contributed by atoms with Crippen LogP contribution in [0, 0.1) is 12.8 Å². The first kappa shape index (κ1) is 23.5. The number of hydrogen-bond acceptors (Lipinski definition) is 8. The van der Waals surface area contributed by atoms with Crippen molar-refractivity contribution in [2.75, 3.05) is 5.73 Å². The van der Waals surface area contributed by atoms with Crippen LogP contribution in [-0.2, 0) is 19.6 Å². The molecule has 11 heteroatoms. The fourth-order valence-electron chi connectivity index (χ4n) is 3.08. The number of benzene rings is 1. The van der Waals surface area contributed by atoms with Crippen molar-refractivity contribution in [1.29, 1.82) is 0 Å². The van der Waals surface area contributed by atoms with Gasteiger partial charge in [-0.2, -0.15) is 0 Å². The third-order valence-corrected chi connectivity index (χ3v) is 5.94. The summed E-state index contributed by atoms with van der Waals surface area (Å²) in [6.45, 7) is 6.84. The summed E-state index contributed by atoms with van der Waals surface area (Å²) in [6.07, 6.45) is 0.635. The number of alkyl carbamates (subject to hydrolysis) is 1. The van der Waals surface area contributed by atoms with Crippen molar-refractivity contribution in [3.05, 3.63) is 36.0 Å². The molecule has 172 valence electrons. The van der Waals surface area contributed by atoms with Gasteiger partial charge >= 0.3 is 6.09 Å². The molecule has 1 aliphatic rings. The summed E-state index contributed by atoms with van der Waals surface area (Å²) < 4.78 is 33.0. The zero-order chi connectivity index (χ0) is 23.7. The summed E-state index contributed by atoms with van der Waals surface area (Å²) in [5, 5.41) is 2.49. The molecule has 1 fully saturated rings. The van der Waals surface area contributed by atoms with E-state index in [2.05, 4.69) is 20.0 Å². The highest BCUT2D eigenvalue weighted by Gasteiger charge is 2.39. The molecular formula is C21H27N5O5S. The number of ether oxygens (including phenoxy) is 1. The van der Waals surface area contributed by atoms with Gasteiger partial charge in [0.1, 0.15) is 11.6 Å². The number of carbonyl (C=O) groups excluding carboxylic acids is 2. The van der Waals surface area contributed by atoms with E-state index < -0.39 is 33.7 Å². The second-order valence-electron chi connectivity index (χ2n) is 8.71. The molecule has 1 saturated carbocycles. The Morgan fingerprint density at radius 1 is 1.19 bits per heavy atom. The number of aromatic nitrogens is 2. The van der Waals surface area contributed by atoms with E-state index >= 15 is 0 Å². The van der Waals surface area contributed by atoms with E-state index in [0.717, 1.165) is 0 Å². The average Bonchev–Trinajstić information content (AvgIpc) is 3.48. The summed E-state index contributed by atoms with van der Waals surface area (Å²) in [5.74, 6) is -0.885. The number of nitrogens with zero attached hydrogens (tertiary/aromatic N) is 2. The first-order valence-corrected chi connectivity index (χ1v) is 11.6. The summed E-state index contributed by atoms with van der Waals surface area (Å²) in [6, 6.07) is 6.65. The summed E-state index contributed by atoms with van der Waals surface area (Å²) in [4.78, 5) is 32.9. The van der Waals surface area contributed by atoms with Gasteiger partial charge in [-0.15, -0.1) is 0 Å². The first-order valence-electron chi connectivity index (χ1n) is 10.1. The lowest BCUT2D eigenvalue weighted by Crippen LogP contribution is -2.50. The molecule has 1 aliphatic carbocycles. The highest BCUT2D eigenvalue weighted by molar-refractivity contribution is 7.90. The second-order valence-corrected chi connectivity index (χ2v) is 10.4. The minimum absolute atomic E-state index is 0.0713. The quantitative estimate of drug-likeness (QED) is 0.591. The van der Waals surface area contributed by atoms with E-state index in [-0.39, 0.29) is 16.8 Å². The number of carbonyl (C=O) groups is 2. The van der Waals surface area contributed by atoms with Gasteiger partial charge in [0.2, 0.25) is 5.95 Å². The maximum atomic E-state index is 12.9. The van der Waals surface area contributed by atoms with Gasteiger partial charge < -0.3 is 15.8 Å². The van der Waals surface area contributed by atoms with Crippen molar-refractivity contribution in [2.45, 2.75) is 57.1 Å². The SMILES string of the molecule is Cc1cc(-c2cccc(S(=O)(=O)NC(=O)[C@@H](NC(=O)OC(C)(C)C)C3CC3)c2)nc(N)n1. The molecule has 32 heavy (non-hydrogen) atoms. The first-order chi connectivity index (χ1) is 14.8. The van der Waals surface area contributed by atoms with Gasteiger partial charge in [-0.25, -0.2) is 27.9 Å². The molecule has 0 spiro atoms. The molecule has 4 N–H and O–H groups in total. The molecular weight excluding hydrogens is 434 g/mol. The van der Waals surface area contributed by atoms with E-state index in [0.29, 0.717) is 29.8 Å². The van der Waals surface area contributed by atoms with Crippen LogP contribution in [0.25, 0.3) is 11.3 Å². The molecule has 0 unspecified atom stereocenters. The van der Waals surface area contributed by atoms with E-state index in [1.165, 1.54) is 12.1 Å². The van der Waals surface area contributed by atoms with Gasteiger partial charge in [0, 0.05) is 11.3 Å². The number of sulfonamides is 1. The Kier molecular flexibility index (Phi) is 6.40. The van der Waals surface area contributed by atoms with Crippen LogP contribution in [0.1, 0.15) is 39.3 Å². The molecule has 0 aliphatic heterocycles. The molecule has 1 aromatic carbocycles. The van der Waals surface area contributed by atoms with E-state index in [1.54, 1.807) is 45.9 Å². The van der Waals surface area contributed by atoms with Crippen molar-refractivity contribution in [2.24, 2.45) is 5.92 Å². The number of rotatable bonds is 6. The van der Waals surface area contributed by atoms with Crippen LogP contribution >= 0.6 is 0 Å². The fraction of sp³-hybridized carbons (Fsp3) is 0.429. The number of amides is 2. The largest absolute Gasteiger partial charge is 0.444 e. The Morgan fingerprint density at radius 3 is 2.47 bits per heavy atom. The van der Waals surface area contributed by atoms with Crippen molar-refractivity contribution in [1.82, 2.24) is 20.0 Å². The number of nitrogens with two attached hydrogens (primary N) is 1. The van der Waals surface area contributed by atoms with Crippen LogP contribution in [-0.4, -0.2) is 42.0 Å². The minimum atomic E-state index is -4.20. The molecule has 3 rings (SSSR count). The molecule has 2 amide bonds. The average molecular weight is 462 g/mol. The number of aryl methyl sites for hydroxylation is 1. The molecule has 0 bridgehead atoms. The van der Waals surface area contributed by atoms with E-state index in [1.807, 2.05) is 0 Å². The zero-order valence-electron chi connectivity index (χ0n) is 18.4. The molecule has 1 aromatic heterocycles. The Bertz CT molecular complexity index is 1120. The topological polar surface area (TPSA) is 153 Å². The Morgan fingerprint density at radius 2 is 1.88 bits per heavy atom. The Labute approximate surface area is 187 Å². The lowest BCUT2D eigenvalue weighted by molar-refractivity contribution is -0.121.